The molecule has 1 heterocycles. The van der Waals surface area contributed by atoms with Crippen LogP contribution in [0.3, 0.4) is 0 Å². The molecule has 3 rings (SSSR count). The van der Waals surface area contributed by atoms with Crippen molar-refractivity contribution in [3.05, 3.63) is 59.4 Å². The summed E-state index contributed by atoms with van der Waals surface area (Å²) in [5.74, 6) is -0.0988. The maximum absolute atomic E-state index is 12.8. The van der Waals surface area contributed by atoms with Gasteiger partial charge in [0.2, 0.25) is 0 Å². The minimum absolute atomic E-state index is 0.286. The number of aliphatic carboxylic acids is 1. The number of benzene rings is 2. The lowest BCUT2D eigenvalue weighted by atomic mass is 10.0. The molecule has 1 atom stereocenters. The molecular weight excluding hydrogens is 287 g/mol. The number of aryl methyl sites for hydroxylation is 1. The Labute approximate surface area is 127 Å². The Hall–Kier alpha value is -2.56. The summed E-state index contributed by atoms with van der Waals surface area (Å²) >= 11 is 0. The number of fused-ring (bicyclic) bond motifs is 1. The van der Waals surface area contributed by atoms with Crippen LogP contribution in [0.25, 0.3) is 0 Å². The lowest BCUT2D eigenvalue weighted by Crippen LogP contribution is -2.30. The molecular formula is C17H15FO4. The van der Waals surface area contributed by atoms with Crippen LogP contribution < -0.4 is 9.47 Å². The van der Waals surface area contributed by atoms with E-state index < -0.39 is 12.1 Å². The maximum Gasteiger partial charge on any atom is 0.344 e. The lowest BCUT2D eigenvalue weighted by molar-refractivity contribution is -0.145. The van der Waals surface area contributed by atoms with Crippen LogP contribution >= 0.6 is 0 Å². The second-order valence-corrected chi connectivity index (χ2v) is 5.17. The highest BCUT2D eigenvalue weighted by Crippen LogP contribution is 2.31. The largest absolute Gasteiger partial charge is 0.489 e. The smallest absolute Gasteiger partial charge is 0.344 e. The molecule has 2 aromatic carbocycles. The van der Waals surface area contributed by atoms with Gasteiger partial charge in [0, 0.05) is 6.07 Å². The first kappa shape index (κ1) is 14.4. The monoisotopic (exact) mass is 302 g/mol. The van der Waals surface area contributed by atoms with Crippen molar-refractivity contribution in [2.45, 2.75) is 25.6 Å². The Balaban J connectivity index is 1.69. The Bertz CT molecular complexity index is 682. The third-order valence-corrected chi connectivity index (χ3v) is 3.58. The van der Waals surface area contributed by atoms with Gasteiger partial charge >= 0.3 is 5.97 Å². The van der Waals surface area contributed by atoms with Crippen LogP contribution in [-0.2, 0) is 17.8 Å². The van der Waals surface area contributed by atoms with Gasteiger partial charge in [-0.2, -0.15) is 0 Å². The van der Waals surface area contributed by atoms with Crippen molar-refractivity contribution < 1.29 is 23.8 Å². The molecule has 114 valence electrons. The molecule has 0 bridgehead atoms. The topological polar surface area (TPSA) is 55.8 Å². The van der Waals surface area contributed by atoms with E-state index in [4.69, 9.17) is 14.6 Å². The molecule has 0 saturated carbocycles. The molecule has 5 heteroatoms. The number of hydrogen-bond acceptors (Lipinski definition) is 3. The van der Waals surface area contributed by atoms with E-state index in [0.717, 1.165) is 11.1 Å². The van der Waals surface area contributed by atoms with Gasteiger partial charge in [-0.15, -0.1) is 0 Å². The molecule has 0 aromatic heterocycles. The first-order valence-corrected chi connectivity index (χ1v) is 7.01. The molecule has 0 radical (unpaired) electrons. The van der Waals surface area contributed by atoms with Gasteiger partial charge in [0.05, 0.1) is 0 Å². The molecule has 0 amide bonds. The van der Waals surface area contributed by atoms with Gasteiger partial charge in [0.1, 0.15) is 23.9 Å². The zero-order chi connectivity index (χ0) is 15.5. The molecule has 22 heavy (non-hydrogen) atoms. The van der Waals surface area contributed by atoms with Crippen molar-refractivity contribution in [1.29, 1.82) is 0 Å². The van der Waals surface area contributed by atoms with Crippen LogP contribution in [0.4, 0.5) is 4.39 Å². The second kappa shape index (κ2) is 6.05. The molecule has 0 aliphatic carbocycles. The quantitative estimate of drug-likeness (QED) is 0.942. The van der Waals surface area contributed by atoms with E-state index in [1.807, 2.05) is 12.1 Å². The van der Waals surface area contributed by atoms with E-state index in [1.54, 1.807) is 18.2 Å². The molecule has 1 aliphatic heterocycles. The van der Waals surface area contributed by atoms with E-state index in [-0.39, 0.29) is 5.82 Å². The van der Waals surface area contributed by atoms with Crippen LogP contribution in [0.1, 0.15) is 17.5 Å². The van der Waals surface area contributed by atoms with Gasteiger partial charge in [-0.25, -0.2) is 9.18 Å². The van der Waals surface area contributed by atoms with Crippen molar-refractivity contribution in [3.63, 3.8) is 0 Å². The molecule has 1 N–H and O–H groups in total. The predicted octanol–water partition coefficient (Wildman–Crippen LogP) is 3.18. The van der Waals surface area contributed by atoms with Crippen LogP contribution in [0.2, 0.25) is 0 Å². The summed E-state index contributed by atoms with van der Waals surface area (Å²) in [6, 6.07) is 11.5. The van der Waals surface area contributed by atoms with Crippen molar-refractivity contribution in [2.75, 3.05) is 0 Å². The zero-order valence-electron chi connectivity index (χ0n) is 11.8. The molecule has 1 aliphatic rings. The number of halogens is 1. The molecule has 0 fully saturated rings. The van der Waals surface area contributed by atoms with Gasteiger partial charge in [-0.05, 0) is 42.2 Å². The van der Waals surface area contributed by atoms with Gasteiger partial charge in [0.25, 0.3) is 0 Å². The first-order valence-electron chi connectivity index (χ1n) is 7.01. The third kappa shape index (κ3) is 3.19. The summed E-state index contributed by atoms with van der Waals surface area (Å²) in [6.45, 7) is 0.307. The van der Waals surface area contributed by atoms with Gasteiger partial charge in [-0.3, -0.25) is 0 Å². The molecule has 2 aromatic rings. The SMILES string of the molecule is O=C(O)C1CCc2ccc(OCc3ccc(F)cc3)cc2O1. The zero-order valence-corrected chi connectivity index (χ0v) is 11.8. The average Bonchev–Trinajstić information content (AvgIpc) is 2.53. The standard InChI is InChI=1S/C17H15FO4/c18-13-5-1-11(2-6-13)10-21-14-7-3-12-4-8-15(17(19)20)22-16(12)9-14/h1-3,5-7,9,15H,4,8,10H2,(H,19,20). The Kier molecular flexibility index (Phi) is 3.96. The summed E-state index contributed by atoms with van der Waals surface area (Å²) in [5, 5.41) is 9.02. The van der Waals surface area contributed by atoms with E-state index >= 15 is 0 Å². The minimum atomic E-state index is -0.955. The lowest BCUT2D eigenvalue weighted by Gasteiger charge is -2.23. The normalized spacial score (nSPS) is 16.5. The summed E-state index contributed by atoms with van der Waals surface area (Å²) in [6.07, 6.45) is 0.336. The second-order valence-electron chi connectivity index (χ2n) is 5.17. The molecule has 0 saturated heterocycles. The number of rotatable bonds is 4. The van der Waals surface area contributed by atoms with E-state index in [1.165, 1.54) is 12.1 Å². The number of hydrogen-bond donors (Lipinski definition) is 1. The van der Waals surface area contributed by atoms with E-state index in [2.05, 4.69) is 0 Å². The fourth-order valence-corrected chi connectivity index (χ4v) is 2.36. The summed E-state index contributed by atoms with van der Waals surface area (Å²) in [5.41, 5.74) is 1.83. The highest BCUT2D eigenvalue weighted by atomic mass is 19.1. The summed E-state index contributed by atoms with van der Waals surface area (Å²) in [7, 11) is 0. The Morgan fingerprint density at radius 3 is 2.77 bits per heavy atom. The number of carboxylic acid groups (broad SMARTS) is 1. The predicted molar refractivity (Wildman–Crippen MR) is 77.5 cm³/mol. The van der Waals surface area contributed by atoms with Crippen LogP contribution in [0.15, 0.2) is 42.5 Å². The van der Waals surface area contributed by atoms with Crippen LogP contribution in [0, 0.1) is 5.82 Å². The third-order valence-electron chi connectivity index (χ3n) is 3.58. The van der Waals surface area contributed by atoms with Crippen molar-refractivity contribution in [2.24, 2.45) is 0 Å². The maximum atomic E-state index is 12.8. The van der Waals surface area contributed by atoms with Crippen molar-refractivity contribution >= 4 is 5.97 Å². The highest BCUT2D eigenvalue weighted by molar-refractivity contribution is 5.73. The van der Waals surface area contributed by atoms with Gasteiger partial charge in [-0.1, -0.05) is 18.2 Å². The van der Waals surface area contributed by atoms with Crippen molar-refractivity contribution in [1.82, 2.24) is 0 Å². The van der Waals surface area contributed by atoms with Crippen LogP contribution in [0.5, 0.6) is 11.5 Å². The Morgan fingerprint density at radius 2 is 2.05 bits per heavy atom. The number of carboxylic acids is 1. The summed E-state index contributed by atoms with van der Waals surface area (Å²) < 4.78 is 24.0. The number of ether oxygens (including phenoxy) is 2. The molecule has 0 spiro atoms. The highest BCUT2D eigenvalue weighted by Gasteiger charge is 2.25. The van der Waals surface area contributed by atoms with E-state index in [9.17, 15) is 9.18 Å². The average molecular weight is 302 g/mol. The van der Waals surface area contributed by atoms with Crippen molar-refractivity contribution in [3.8, 4) is 11.5 Å². The number of carbonyl (C=O) groups is 1. The Morgan fingerprint density at radius 1 is 1.27 bits per heavy atom. The minimum Gasteiger partial charge on any atom is -0.489 e. The summed E-state index contributed by atoms with van der Waals surface area (Å²) in [4.78, 5) is 11.0. The van der Waals surface area contributed by atoms with Gasteiger partial charge in [0.15, 0.2) is 6.10 Å². The van der Waals surface area contributed by atoms with E-state index in [0.29, 0.717) is 30.9 Å². The first-order chi connectivity index (χ1) is 10.6. The fourth-order valence-electron chi connectivity index (χ4n) is 2.36. The molecule has 1 unspecified atom stereocenters. The van der Waals surface area contributed by atoms with Crippen LogP contribution in [-0.4, -0.2) is 17.2 Å². The van der Waals surface area contributed by atoms with Gasteiger partial charge < -0.3 is 14.6 Å². The fraction of sp³-hybridized carbons (Fsp3) is 0.235. The molecule has 4 nitrogen and oxygen atoms in total.